The average Bonchev–Trinajstić information content (AvgIpc) is 2.86. The Morgan fingerprint density at radius 2 is 1.86 bits per heavy atom. The molecule has 0 heterocycles. The zero-order chi connectivity index (χ0) is 27.6. The van der Waals surface area contributed by atoms with Crippen molar-refractivity contribution in [1.82, 2.24) is 0 Å². The number of benzene rings is 1. The number of allylic oxidation sites excluding steroid dienone is 8. The average molecular weight is 511 g/mol. The number of aliphatic imine (C=N–C) groups is 2. The second-order valence-corrected chi connectivity index (χ2v) is 16.4. The number of hydrogen-bond acceptors (Lipinski definition) is 2. The van der Waals surface area contributed by atoms with Gasteiger partial charge >= 0.3 is 0 Å². The van der Waals surface area contributed by atoms with Crippen LogP contribution in [0.4, 0.5) is 0 Å². The minimum atomic E-state index is -1.36. The maximum absolute atomic E-state index is 5.96. The summed E-state index contributed by atoms with van der Waals surface area (Å²) in [6, 6.07) is 10.4. The van der Waals surface area contributed by atoms with E-state index in [1.54, 1.807) is 0 Å². The summed E-state index contributed by atoms with van der Waals surface area (Å²) >= 11 is 0. The minimum Gasteiger partial charge on any atom is -0.273 e. The van der Waals surface area contributed by atoms with E-state index in [0.29, 0.717) is 11.8 Å². The van der Waals surface area contributed by atoms with Crippen molar-refractivity contribution in [3.05, 3.63) is 94.5 Å². The predicted molar refractivity (Wildman–Crippen MR) is 168 cm³/mol. The molecule has 37 heavy (non-hydrogen) atoms. The Morgan fingerprint density at radius 3 is 2.38 bits per heavy atom. The van der Waals surface area contributed by atoms with Crippen molar-refractivity contribution in [2.24, 2.45) is 21.8 Å². The Bertz CT molecular complexity index is 1140. The molecule has 1 aliphatic carbocycles. The minimum absolute atomic E-state index is 0.0480. The molecule has 0 aliphatic heterocycles. The molecule has 1 aromatic carbocycles. The highest BCUT2D eigenvalue weighted by Gasteiger charge is 2.30. The van der Waals surface area contributed by atoms with E-state index in [2.05, 4.69) is 114 Å². The topological polar surface area (TPSA) is 24.7 Å². The third-order valence-corrected chi connectivity index (χ3v) is 9.57. The van der Waals surface area contributed by atoms with Crippen molar-refractivity contribution in [2.75, 3.05) is 0 Å². The van der Waals surface area contributed by atoms with E-state index in [1.165, 1.54) is 21.9 Å². The van der Waals surface area contributed by atoms with E-state index in [0.717, 1.165) is 42.7 Å². The number of rotatable bonds is 13. The summed E-state index contributed by atoms with van der Waals surface area (Å²) < 4.78 is 0. The largest absolute Gasteiger partial charge is 0.273 e. The molecule has 0 fully saturated rings. The van der Waals surface area contributed by atoms with E-state index < -0.39 is 8.07 Å². The van der Waals surface area contributed by atoms with Gasteiger partial charge in [-0.2, -0.15) is 0 Å². The second kappa shape index (κ2) is 14.1. The molecule has 2 nitrogen and oxygen atoms in total. The van der Waals surface area contributed by atoms with Crippen LogP contribution in [0.1, 0.15) is 64.9 Å². The van der Waals surface area contributed by atoms with Crippen LogP contribution in [-0.4, -0.2) is 20.5 Å². The lowest BCUT2D eigenvalue weighted by Gasteiger charge is -2.32. The molecule has 0 aromatic heterocycles. The van der Waals surface area contributed by atoms with Crippen LogP contribution in [0, 0.1) is 24.2 Å². The van der Waals surface area contributed by atoms with Crippen molar-refractivity contribution < 1.29 is 0 Å². The molecule has 2 rings (SSSR count). The summed E-state index contributed by atoms with van der Waals surface area (Å²) in [6.07, 6.45) is 18.4. The summed E-state index contributed by atoms with van der Waals surface area (Å²) in [5.41, 5.74) is 7.22. The van der Waals surface area contributed by atoms with Gasteiger partial charge in [-0.3, -0.25) is 9.98 Å². The molecular weight excluding hydrogens is 464 g/mol. The van der Waals surface area contributed by atoms with Gasteiger partial charge in [0, 0.05) is 35.4 Å². The third-order valence-electron chi connectivity index (χ3n) is 7.27. The highest BCUT2D eigenvalue weighted by molar-refractivity contribution is 6.83. The molecule has 0 saturated heterocycles. The maximum atomic E-state index is 5.96. The molecule has 1 aliphatic rings. The first-order chi connectivity index (χ1) is 17.5. The molecule has 3 unspecified atom stereocenters. The van der Waals surface area contributed by atoms with Crippen LogP contribution in [0.3, 0.4) is 0 Å². The van der Waals surface area contributed by atoms with Gasteiger partial charge in [0.05, 0.1) is 8.07 Å². The summed E-state index contributed by atoms with van der Waals surface area (Å²) in [6.45, 7) is 23.9. The molecular formula is C34H46N2Si. The lowest BCUT2D eigenvalue weighted by molar-refractivity contribution is 0.488. The van der Waals surface area contributed by atoms with Crippen molar-refractivity contribution in [1.29, 1.82) is 0 Å². The smallest absolute Gasteiger partial charge is 0.0744 e. The fraction of sp³-hybridized carbons (Fsp3) is 0.412. The van der Waals surface area contributed by atoms with E-state index >= 15 is 0 Å². The Labute approximate surface area is 227 Å². The van der Waals surface area contributed by atoms with Gasteiger partial charge < -0.3 is 0 Å². The molecule has 0 N–H and O–H groups in total. The van der Waals surface area contributed by atoms with Crippen LogP contribution in [0.15, 0.2) is 98.9 Å². The molecule has 0 bridgehead atoms. The van der Waals surface area contributed by atoms with Crippen LogP contribution < -0.4 is 0 Å². The van der Waals surface area contributed by atoms with Crippen LogP contribution in [-0.2, 0) is 0 Å². The Kier molecular flexibility index (Phi) is 11.5. The monoisotopic (exact) mass is 510 g/mol. The van der Waals surface area contributed by atoms with Gasteiger partial charge in [0.2, 0.25) is 0 Å². The molecule has 0 radical (unpaired) electrons. The van der Waals surface area contributed by atoms with Gasteiger partial charge in [-0.05, 0) is 63.0 Å². The van der Waals surface area contributed by atoms with Gasteiger partial charge in [-0.25, -0.2) is 0 Å². The lowest BCUT2D eigenvalue weighted by atomic mass is 9.75. The Morgan fingerprint density at radius 1 is 1.19 bits per heavy atom. The highest BCUT2D eigenvalue weighted by atomic mass is 28.3. The third kappa shape index (κ3) is 8.54. The van der Waals surface area contributed by atoms with Crippen molar-refractivity contribution >= 4 is 20.5 Å². The van der Waals surface area contributed by atoms with E-state index in [1.807, 2.05) is 12.3 Å². The number of terminal acetylenes is 1. The van der Waals surface area contributed by atoms with E-state index in [4.69, 9.17) is 11.4 Å². The fourth-order valence-electron chi connectivity index (χ4n) is 4.73. The van der Waals surface area contributed by atoms with Crippen LogP contribution in [0.25, 0.3) is 0 Å². The fourth-order valence-corrected chi connectivity index (χ4v) is 6.10. The molecule has 3 heteroatoms. The first-order valence-electron chi connectivity index (χ1n) is 13.5. The Hall–Kier alpha value is -2.96. The van der Waals surface area contributed by atoms with Crippen LogP contribution in [0.5, 0.6) is 0 Å². The predicted octanol–water partition coefficient (Wildman–Crippen LogP) is 9.49. The van der Waals surface area contributed by atoms with Crippen molar-refractivity contribution in [3.8, 4) is 12.3 Å². The first-order valence-corrected chi connectivity index (χ1v) is 17.0. The second-order valence-electron chi connectivity index (χ2n) is 11.2. The van der Waals surface area contributed by atoms with E-state index in [-0.39, 0.29) is 5.92 Å². The van der Waals surface area contributed by atoms with Crippen molar-refractivity contribution in [3.63, 3.8) is 0 Å². The van der Waals surface area contributed by atoms with E-state index in [9.17, 15) is 0 Å². The van der Waals surface area contributed by atoms with Gasteiger partial charge in [0.15, 0.2) is 0 Å². The Balaban J connectivity index is 2.11. The summed E-state index contributed by atoms with van der Waals surface area (Å²) in [7, 11) is -1.36. The van der Waals surface area contributed by atoms with Crippen LogP contribution >= 0.6 is 0 Å². The quantitative estimate of drug-likeness (QED) is 0.109. The van der Waals surface area contributed by atoms with Gasteiger partial charge in [0.1, 0.15) is 0 Å². The normalized spacial score (nSPS) is 19.0. The lowest BCUT2D eigenvalue weighted by Crippen LogP contribution is -2.24. The van der Waals surface area contributed by atoms with Crippen molar-refractivity contribution in [2.45, 2.75) is 78.9 Å². The van der Waals surface area contributed by atoms with Gasteiger partial charge in [0.25, 0.3) is 0 Å². The standard InChI is InChI=1S/C34H46N2Si/c1-11-28(29-19-14-13-15-20-29)22-31(25(3)4)33(12-2)36-34-23-32(27(34)6)26(5)18-16-17-21-30(24-35-7)37(8,9)10/h1,13-16,18-20,23-24,27-28,32H,5,7,12,17,21-22H2,2-4,6,8-10H3/b18-16-,30-24+,36-33?. The molecule has 1 aromatic rings. The first kappa shape index (κ1) is 30.3. The maximum Gasteiger partial charge on any atom is 0.0744 e. The molecule has 0 saturated carbocycles. The van der Waals surface area contributed by atoms with Crippen LogP contribution in [0.2, 0.25) is 19.6 Å². The molecule has 196 valence electrons. The summed E-state index contributed by atoms with van der Waals surface area (Å²) in [5, 5.41) is 1.45. The van der Waals surface area contributed by atoms with Gasteiger partial charge in [-0.15, -0.1) is 6.42 Å². The number of nitrogens with zero attached hydrogens (tertiary/aromatic N) is 2. The SMILES string of the molecule is C#CC(CC(C(CC)=NC1=CC(C(=C)/C=C\CC/C(=C\N=C)[Si](C)(C)C)C1C)=C(C)C)c1ccccc1. The summed E-state index contributed by atoms with van der Waals surface area (Å²) in [4.78, 5) is 9.17. The summed E-state index contributed by atoms with van der Waals surface area (Å²) in [5.74, 6) is 3.76. The molecule has 3 atom stereocenters. The zero-order valence-electron chi connectivity index (χ0n) is 24.1. The molecule has 0 amide bonds. The zero-order valence-corrected chi connectivity index (χ0v) is 25.1. The molecule has 0 spiro atoms. The highest BCUT2D eigenvalue weighted by Crippen LogP contribution is 2.40. The van der Waals surface area contributed by atoms with Gasteiger partial charge in [-0.1, -0.05) is 105 Å². The number of hydrogen-bond donors (Lipinski definition) is 0.